The van der Waals surface area contributed by atoms with E-state index in [0.29, 0.717) is 19.1 Å². The number of carbonyl (C=O) groups is 1. The number of fused-ring (bicyclic) bond motifs is 1. The molecule has 1 aliphatic heterocycles. The molecule has 0 spiro atoms. The van der Waals surface area contributed by atoms with Crippen molar-refractivity contribution in [1.82, 2.24) is 0 Å². The zero-order valence-corrected chi connectivity index (χ0v) is 12.1. The summed E-state index contributed by atoms with van der Waals surface area (Å²) in [5.41, 5.74) is 2.03. The standard InChI is InChI=1S/C16H21NO3/c1-3-5-10-20-15(18)11-14-12-8-6-7-9-13(12)16(17-14)19-4-2/h6-9,14H,3-5,10-11H2,1-2H3. The first-order chi connectivity index (χ1) is 9.76. The van der Waals surface area contributed by atoms with E-state index in [1.165, 1.54) is 0 Å². The summed E-state index contributed by atoms with van der Waals surface area (Å²) in [5, 5.41) is 0. The lowest BCUT2D eigenvalue weighted by atomic mass is 10.0. The third kappa shape index (κ3) is 3.38. The second-order valence-corrected chi connectivity index (χ2v) is 4.75. The number of aliphatic imine (C=N–C) groups is 1. The number of hydrogen-bond acceptors (Lipinski definition) is 4. The minimum Gasteiger partial charge on any atom is -0.478 e. The van der Waals surface area contributed by atoms with Crippen molar-refractivity contribution >= 4 is 11.9 Å². The highest BCUT2D eigenvalue weighted by atomic mass is 16.5. The fourth-order valence-corrected chi connectivity index (χ4v) is 2.22. The van der Waals surface area contributed by atoms with Crippen LogP contribution in [0.3, 0.4) is 0 Å². The van der Waals surface area contributed by atoms with Crippen LogP contribution in [0.1, 0.15) is 50.3 Å². The van der Waals surface area contributed by atoms with Gasteiger partial charge in [0.2, 0.25) is 5.90 Å². The van der Waals surface area contributed by atoms with E-state index in [0.717, 1.165) is 24.0 Å². The summed E-state index contributed by atoms with van der Waals surface area (Å²) < 4.78 is 10.7. The summed E-state index contributed by atoms with van der Waals surface area (Å²) in [6.45, 7) is 5.06. The topological polar surface area (TPSA) is 47.9 Å². The number of hydrogen-bond donors (Lipinski definition) is 0. The average molecular weight is 275 g/mol. The van der Waals surface area contributed by atoms with Crippen molar-refractivity contribution in [2.75, 3.05) is 13.2 Å². The van der Waals surface area contributed by atoms with Gasteiger partial charge in [0.15, 0.2) is 0 Å². The maximum atomic E-state index is 11.8. The third-order valence-corrected chi connectivity index (χ3v) is 3.23. The van der Waals surface area contributed by atoms with Crippen molar-refractivity contribution < 1.29 is 14.3 Å². The Morgan fingerprint density at radius 1 is 1.30 bits per heavy atom. The summed E-state index contributed by atoms with van der Waals surface area (Å²) in [6.07, 6.45) is 2.20. The highest BCUT2D eigenvalue weighted by molar-refractivity contribution is 5.98. The van der Waals surface area contributed by atoms with Gasteiger partial charge in [0.25, 0.3) is 0 Å². The van der Waals surface area contributed by atoms with Crippen LogP contribution in [0.4, 0.5) is 0 Å². The van der Waals surface area contributed by atoms with Gasteiger partial charge in [-0.05, 0) is 25.0 Å². The average Bonchev–Trinajstić information content (AvgIpc) is 2.78. The second kappa shape index (κ2) is 7.08. The lowest BCUT2D eigenvalue weighted by molar-refractivity contribution is -0.144. The van der Waals surface area contributed by atoms with Crippen molar-refractivity contribution in [3.8, 4) is 0 Å². The molecule has 1 heterocycles. The van der Waals surface area contributed by atoms with Crippen molar-refractivity contribution in [3.63, 3.8) is 0 Å². The van der Waals surface area contributed by atoms with E-state index in [9.17, 15) is 4.79 Å². The van der Waals surface area contributed by atoms with Crippen LogP contribution >= 0.6 is 0 Å². The third-order valence-electron chi connectivity index (χ3n) is 3.23. The molecule has 1 atom stereocenters. The SMILES string of the molecule is CCCCOC(=O)CC1N=C(OCC)c2ccccc21. The second-order valence-electron chi connectivity index (χ2n) is 4.75. The molecule has 2 rings (SSSR count). The monoisotopic (exact) mass is 275 g/mol. The van der Waals surface area contributed by atoms with Crippen LogP contribution in [0.15, 0.2) is 29.3 Å². The fourth-order valence-electron chi connectivity index (χ4n) is 2.22. The molecule has 1 aliphatic rings. The Kier molecular flexibility index (Phi) is 5.16. The largest absolute Gasteiger partial charge is 0.478 e. The first-order valence-electron chi connectivity index (χ1n) is 7.21. The Morgan fingerprint density at radius 2 is 2.10 bits per heavy atom. The Labute approximate surface area is 119 Å². The van der Waals surface area contributed by atoms with Crippen LogP contribution in [0, 0.1) is 0 Å². The molecule has 4 nitrogen and oxygen atoms in total. The number of ether oxygens (including phenoxy) is 2. The number of carbonyl (C=O) groups excluding carboxylic acids is 1. The molecular weight excluding hydrogens is 254 g/mol. The molecule has 0 fully saturated rings. The lowest BCUT2D eigenvalue weighted by Gasteiger charge is -2.08. The molecule has 0 bridgehead atoms. The van der Waals surface area contributed by atoms with Gasteiger partial charge in [-0.3, -0.25) is 4.79 Å². The Morgan fingerprint density at radius 3 is 2.85 bits per heavy atom. The molecule has 0 amide bonds. The predicted molar refractivity (Wildman–Crippen MR) is 77.8 cm³/mol. The molecule has 108 valence electrons. The van der Waals surface area contributed by atoms with Crippen LogP contribution in [-0.4, -0.2) is 25.1 Å². The smallest absolute Gasteiger partial charge is 0.308 e. The number of benzene rings is 1. The number of rotatable bonds is 6. The van der Waals surface area contributed by atoms with Gasteiger partial charge in [-0.25, -0.2) is 4.99 Å². The molecule has 0 N–H and O–H groups in total. The minimum atomic E-state index is -0.195. The van der Waals surface area contributed by atoms with Crippen molar-refractivity contribution in [1.29, 1.82) is 0 Å². The van der Waals surface area contributed by atoms with Crippen LogP contribution in [0.5, 0.6) is 0 Å². The summed E-state index contributed by atoms with van der Waals surface area (Å²) in [7, 11) is 0. The Hall–Kier alpha value is -1.84. The van der Waals surface area contributed by atoms with Gasteiger partial charge in [-0.2, -0.15) is 0 Å². The van der Waals surface area contributed by atoms with Gasteiger partial charge in [-0.15, -0.1) is 0 Å². The van der Waals surface area contributed by atoms with Crippen LogP contribution in [-0.2, 0) is 14.3 Å². The van der Waals surface area contributed by atoms with Gasteiger partial charge in [0, 0.05) is 5.56 Å². The normalized spacial score (nSPS) is 16.5. The molecule has 1 unspecified atom stereocenters. The lowest BCUT2D eigenvalue weighted by Crippen LogP contribution is -2.09. The molecule has 0 saturated heterocycles. The zero-order valence-electron chi connectivity index (χ0n) is 12.1. The molecule has 1 aromatic rings. The Balaban J connectivity index is 2.03. The van der Waals surface area contributed by atoms with Crippen molar-refractivity contribution in [2.45, 2.75) is 39.2 Å². The van der Waals surface area contributed by atoms with Crippen molar-refractivity contribution in [2.24, 2.45) is 4.99 Å². The zero-order chi connectivity index (χ0) is 14.4. The summed E-state index contributed by atoms with van der Waals surface area (Å²) in [6, 6.07) is 7.71. The van der Waals surface area contributed by atoms with Gasteiger partial charge >= 0.3 is 5.97 Å². The van der Waals surface area contributed by atoms with E-state index in [1.54, 1.807) is 0 Å². The molecule has 0 radical (unpaired) electrons. The van der Waals surface area contributed by atoms with E-state index in [1.807, 2.05) is 31.2 Å². The van der Waals surface area contributed by atoms with Gasteiger partial charge < -0.3 is 9.47 Å². The highest BCUT2D eigenvalue weighted by Crippen LogP contribution is 2.32. The Bertz CT molecular complexity index is 496. The first kappa shape index (κ1) is 14.6. The maximum Gasteiger partial charge on any atom is 0.308 e. The molecular formula is C16H21NO3. The molecule has 0 saturated carbocycles. The number of esters is 1. The number of nitrogens with zero attached hydrogens (tertiary/aromatic N) is 1. The molecule has 0 aliphatic carbocycles. The minimum absolute atomic E-state index is 0.179. The fraction of sp³-hybridized carbons (Fsp3) is 0.500. The van der Waals surface area contributed by atoms with Crippen LogP contribution < -0.4 is 0 Å². The van der Waals surface area contributed by atoms with Gasteiger partial charge in [0.1, 0.15) is 0 Å². The molecule has 4 heteroatoms. The van der Waals surface area contributed by atoms with Crippen molar-refractivity contribution in [3.05, 3.63) is 35.4 Å². The highest BCUT2D eigenvalue weighted by Gasteiger charge is 2.27. The number of unbranched alkanes of at least 4 members (excludes halogenated alkanes) is 1. The van der Waals surface area contributed by atoms with Gasteiger partial charge in [0.05, 0.1) is 25.7 Å². The van der Waals surface area contributed by atoms with E-state index in [4.69, 9.17) is 9.47 Å². The quantitative estimate of drug-likeness (QED) is 0.591. The first-order valence-corrected chi connectivity index (χ1v) is 7.21. The summed E-state index contributed by atoms with van der Waals surface area (Å²) in [5.74, 6) is 0.439. The van der Waals surface area contributed by atoms with Crippen LogP contribution in [0.2, 0.25) is 0 Å². The molecule has 20 heavy (non-hydrogen) atoms. The van der Waals surface area contributed by atoms with E-state index < -0.39 is 0 Å². The summed E-state index contributed by atoms with van der Waals surface area (Å²) in [4.78, 5) is 16.3. The van der Waals surface area contributed by atoms with E-state index in [2.05, 4.69) is 11.9 Å². The summed E-state index contributed by atoms with van der Waals surface area (Å²) >= 11 is 0. The van der Waals surface area contributed by atoms with Gasteiger partial charge in [-0.1, -0.05) is 31.5 Å². The molecule has 0 aromatic heterocycles. The van der Waals surface area contributed by atoms with Crippen LogP contribution in [0.25, 0.3) is 0 Å². The predicted octanol–water partition coefficient (Wildman–Crippen LogP) is 3.26. The van der Waals surface area contributed by atoms with E-state index in [-0.39, 0.29) is 18.4 Å². The maximum absolute atomic E-state index is 11.8. The molecule has 1 aromatic carbocycles. The van der Waals surface area contributed by atoms with E-state index >= 15 is 0 Å².